The van der Waals surface area contributed by atoms with Gasteiger partial charge in [-0.05, 0) is 37.1 Å². The minimum absolute atomic E-state index is 0.433. The second-order valence-corrected chi connectivity index (χ2v) is 14.6. The number of hydrogen-bond acceptors (Lipinski definition) is 4. The molecule has 0 saturated heterocycles. The van der Waals surface area contributed by atoms with Gasteiger partial charge in [0.05, 0.1) is 17.3 Å². The lowest BCUT2D eigenvalue weighted by molar-refractivity contribution is 0.0791. The second kappa shape index (κ2) is 9.01. The normalized spacial score (nSPS) is 13.0. The average Bonchev–Trinajstić information content (AvgIpc) is 3.23. The van der Waals surface area contributed by atoms with E-state index >= 15 is 0 Å². The van der Waals surface area contributed by atoms with Gasteiger partial charge in [-0.2, -0.15) is 5.10 Å². The Labute approximate surface area is 177 Å². The third kappa shape index (κ3) is 5.93. The van der Waals surface area contributed by atoms with Gasteiger partial charge < -0.3 is 20.1 Å². The summed E-state index contributed by atoms with van der Waals surface area (Å²) < 4.78 is 7.64. The first-order valence-electron chi connectivity index (χ1n) is 10.2. The van der Waals surface area contributed by atoms with Gasteiger partial charge in [0, 0.05) is 38.9 Å². The van der Waals surface area contributed by atoms with Crippen molar-refractivity contribution >= 4 is 25.1 Å². The van der Waals surface area contributed by atoms with Crippen molar-refractivity contribution in [3.8, 4) is 0 Å². The zero-order chi connectivity index (χ0) is 21.9. The molecule has 0 aliphatic rings. The molecule has 3 N–H and O–H groups in total. The summed E-state index contributed by atoms with van der Waals surface area (Å²) in [6.07, 6.45) is 3.17. The van der Waals surface area contributed by atoms with Gasteiger partial charge in [-0.1, -0.05) is 25.7 Å². The van der Waals surface area contributed by atoms with Crippen LogP contribution in [-0.2, 0) is 17.9 Å². The summed E-state index contributed by atoms with van der Waals surface area (Å²) in [5.41, 5.74) is 3.83. The lowest BCUT2D eigenvalue weighted by atomic mass is 10.0. The van der Waals surface area contributed by atoms with Crippen molar-refractivity contribution in [1.82, 2.24) is 25.1 Å². The lowest BCUT2D eigenvalue weighted by Crippen LogP contribution is -2.29. The summed E-state index contributed by atoms with van der Waals surface area (Å²) in [5, 5.41) is 17.5. The SMILES string of the molecule is Cc1c[nH]c(C(Cc2cc(C)c3nn(COCC[Si](C)(C)C)cc3c2)NC(=O)O)n1. The number of amides is 1. The zero-order valence-corrected chi connectivity index (χ0v) is 19.3. The Morgan fingerprint density at radius 1 is 1.33 bits per heavy atom. The Hall–Kier alpha value is -2.65. The highest BCUT2D eigenvalue weighted by Gasteiger charge is 2.19. The third-order valence-electron chi connectivity index (χ3n) is 4.92. The van der Waals surface area contributed by atoms with Crippen molar-refractivity contribution in [2.45, 2.75) is 58.7 Å². The van der Waals surface area contributed by atoms with Gasteiger partial charge >= 0.3 is 6.09 Å². The van der Waals surface area contributed by atoms with Crippen LogP contribution in [0.15, 0.2) is 24.5 Å². The molecule has 2 aromatic heterocycles. The maximum Gasteiger partial charge on any atom is 0.405 e. The van der Waals surface area contributed by atoms with E-state index in [2.05, 4.69) is 52.2 Å². The molecule has 0 aliphatic carbocycles. The molecule has 1 unspecified atom stereocenters. The predicted octanol–water partition coefficient (Wildman–Crippen LogP) is 4.24. The van der Waals surface area contributed by atoms with Crippen LogP contribution in [0.25, 0.3) is 10.9 Å². The number of aromatic nitrogens is 4. The van der Waals surface area contributed by atoms with Crippen LogP contribution in [0.1, 0.15) is 28.7 Å². The molecular formula is C21H31N5O3Si. The third-order valence-corrected chi connectivity index (χ3v) is 6.62. The largest absolute Gasteiger partial charge is 0.465 e. The maximum atomic E-state index is 11.3. The van der Waals surface area contributed by atoms with Gasteiger partial charge in [0.2, 0.25) is 0 Å². The Morgan fingerprint density at radius 2 is 2.10 bits per heavy atom. The van der Waals surface area contributed by atoms with Crippen LogP contribution >= 0.6 is 0 Å². The van der Waals surface area contributed by atoms with Crippen molar-refractivity contribution in [1.29, 1.82) is 0 Å². The highest BCUT2D eigenvalue weighted by atomic mass is 28.3. The van der Waals surface area contributed by atoms with E-state index in [1.165, 1.54) is 0 Å². The van der Waals surface area contributed by atoms with Crippen molar-refractivity contribution in [3.05, 3.63) is 47.2 Å². The molecule has 0 fully saturated rings. The van der Waals surface area contributed by atoms with Gasteiger partial charge in [-0.15, -0.1) is 0 Å². The van der Waals surface area contributed by atoms with E-state index in [1.54, 1.807) is 6.20 Å². The van der Waals surface area contributed by atoms with E-state index in [1.807, 2.05) is 24.7 Å². The first-order valence-corrected chi connectivity index (χ1v) is 13.9. The molecule has 8 nitrogen and oxygen atoms in total. The predicted molar refractivity (Wildman–Crippen MR) is 120 cm³/mol. The Morgan fingerprint density at radius 3 is 2.73 bits per heavy atom. The molecule has 0 aliphatic heterocycles. The van der Waals surface area contributed by atoms with Gasteiger partial charge in [0.15, 0.2) is 0 Å². The van der Waals surface area contributed by atoms with E-state index in [0.717, 1.165) is 40.4 Å². The van der Waals surface area contributed by atoms with Crippen LogP contribution in [0.4, 0.5) is 4.79 Å². The molecule has 162 valence electrons. The zero-order valence-electron chi connectivity index (χ0n) is 18.3. The summed E-state index contributed by atoms with van der Waals surface area (Å²) in [4.78, 5) is 18.7. The number of carbonyl (C=O) groups is 1. The highest BCUT2D eigenvalue weighted by Crippen LogP contribution is 2.23. The van der Waals surface area contributed by atoms with Crippen LogP contribution in [0.3, 0.4) is 0 Å². The van der Waals surface area contributed by atoms with Crippen molar-refractivity contribution in [2.75, 3.05) is 6.61 Å². The number of imidazole rings is 1. The van der Waals surface area contributed by atoms with Crippen LogP contribution in [0, 0.1) is 13.8 Å². The number of aromatic amines is 1. The fourth-order valence-electron chi connectivity index (χ4n) is 3.37. The standard InChI is InChI=1S/C21H31N5O3Si/c1-14-8-16(10-18(24-21(27)28)20-22-11-15(2)23-20)9-17-12-26(25-19(14)17)13-29-6-7-30(3,4)5/h8-9,11-12,18,24H,6-7,10,13H2,1-5H3,(H,22,23)(H,27,28). The number of aryl methyl sites for hydroxylation is 2. The van der Waals surface area contributed by atoms with Crippen molar-refractivity contribution in [3.63, 3.8) is 0 Å². The second-order valence-electron chi connectivity index (χ2n) is 9.00. The number of rotatable bonds is 9. The van der Waals surface area contributed by atoms with Crippen LogP contribution in [-0.4, -0.2) is 45.6 Å². The van der Waals surface area contributed by atoms with E-state index < -0.39 is 20.2 Å². The fourth-order valence-corrected chi connectivity index (χ4v) is 4.13. The van der Waals surface area contributed by atoms with Gasteiger partial charge in [0.25, 0.3) is 0 Å². The highest BCUT2D eigenvalue weighted by molar-refractivity contribution is 6.76. The van der Waals surface area contributed by atoms with Crippen LogP contribution in [0.5, 0.6) is 0 Å². The Bertz CT molecular complexity index is 1020. The topological polar surface area (TPSA) is 105 Å². The molecule has 1 amide bonds. The summed E-state index contributed by atoms with van der Waals surface area (Å²) in [6, 6.07) is 4.78. The van der Waals surface area contributed by atoms with Crippen molar-refractivity contribution < 1.29 is 14.6 Å². The van der Waals surface area contributed by atoms with E-state index in [0.29, 0.717) is 19.0 Å². The number of nitrogens with one attached hydrogen (secondary N) is 2. The van der Waals surface area contributed by atoms with E-state index in [9.17, 15) is 9.90 Å². The first-order chi connectivity index (χ1) is 14.1. The molecule has 0 bridgehead atoms. The number of nitrogens with zero attached hydrogens (tertiary/aromatic N) is 3. The van der Waals surface area contributed by atoms with Crippen molar-refractivity contribution in [2.24, 2.45) is 0 Å². The van der Waals surface area contributed by atoms with Gasteiger partial charge in [0.1, 0.15) is 12.6 Å². The molecule has 30 heavy (non-hydrogen) atoms. The van der Waals surface area contributed by atoms with Crippen LogP contribution in [0.2, 0.25) is 25.7 Å². The number of carboxylic acid groups (broad SMARTS) is 1. The molecule has 1 atom stereocenters. The molecule has 2 heterocycles. The van der Waals surface area contributed by atoms with E-state index in [-0.39, 0.29) is 0 Å². The molecule has 9 heteroatoms. The van der Waals surface area contributed by atoms with Gasteiger partial charge in [-0.3, -0.25) is 0 Å². The molecule has 1 aromatic carbocycles. The lowest BCUT2D eigenvalue weighted by Gasteiger charge is -2.15. The summed E-state index contributed by atoms with van der Waals surface area (Å²) in [7, 11) is -1.11. The number of hydrogen-bond donors (Lipinski definition) is 3. The number of benzene rings is 1. The minimum Gasteiger partial charge on any atom is -0.465 e. The maximum absolute atomic E-state index is 11.3. The van der Waals surface area contributed by atoms with Crippen LogP contribution < -0.4 is 5.32 Å². The summed E-state index contributed by atoms with van der Waals surface area (Å²) >= 11 is 0. The monoisotopic (exact) mass is 429 g/mol. The number of ether oxygens (including phenoxy) is 1. The quantitative estimate of drug-likeness (QED) is 0.348. The Balaban J connectivity index is 1.75. The molecular weight excluding hydrogens is 398 g/mol. The number of H-pyrrole nitrogens is 1. The molecule has 3 aromatic rings. The van der Waals surface area contributed by atoms with E-state index in [4.69, 9.17) is 4.74 Å². The molecule has 0 saturated carbocycles. The smallest absolute Gasteiger partial charge is 0.405 e. The molecule has 0 radical (unpaired) electrons. The average molecular weight is 430 g/mol. The first kappa shape index (κ1) is 22.0. The minimum atomic E-state index is -1.11. The summed E-state index contributed by atoms with van der Waals surface area (Å²) in [5.74, 6) is 0.610. The summed E-state index contributed by atoms with van der Waals surface area (Å²) in [6.45, 7) is 12.1. The molecule has 0 spiro atoms. The van der Waals surface area contributed by atoms with Gasteiger partial charge in [-0.25, -0.2) is 14.5 Å². The molecule has 3 rings (SSSR count). The fraction of sp³-hybridized carbons (Fsp3) is 0.476. The Kier molecular flexibility index (Phi) is 6.62. The number of fused-ring (bicyclic) bond motifs is 1.